The van der Waals surface area contributed by atoms with E-state index >= 15 is 0 Å². The molecule has 0 saturated heterocycles. The predicted octanol–water partition coefficient (Wildman–Crippen LogP) is 2.56. The number of ether oxygens (including phenoxy) is 2. The number of sulfone groups is 1. The van der Waals surface area contributed by atoms with Crippen molar-refractivity contribution in [3.05, 3.63) is 35.3 Å². The average Bonchev–Trinajstić information content (AvgIpc) is 2.98. The van der Waals surface area contributed by atoms with Crippen LogP contribution in [0.25, 0.3) is 21.3 Å². The topological polar surface area (TPSA) is 95.5 Å². The second kappa shape index (κ2) is 6.41. The monoisotopic (exact) mass is 378 g/mol. The molecule has 9 heteroatoms. The smallest absolute Gasteiger partial charge is 0.348 e. The normalized spacial score (nSPS) is 11.5. The first-order chi connectivity index (χ1) is 11.9. The van der Waals surface area contributed by atoms with E-state index in [1.54, 1.807) is 24.3 Å². The Morgan fingerprint density at radius 3 is 2.56 bits per heavy atom. The molecule has 0 aliphatic heterocycles. The number of methoxy groups -OCH3 is 2. The number of para-hydroxylation sites is 1. The molecule has 2 heterocycles. The Morgan fingerprint density at radius 2 is 1.92 bits per heavy atom. The van der Waals surface area contributed by atoms with Crippen LogP contribution in [0.2, 0.25) is 0 Å². The van der Waals surface area contributed by atoms with Crippen LogP contribution in [0.3, 0.4) is 0 Å². The zero-order chi connectivity index (χ0) is 18.2. The summed E-state index contributed by atoms with van der Waals surface area (Å²) in [5.41, 5.74) is 1.46. The van der Waals surface area contributed by atoms with E-state index < -0.39 is 15.8 Å². The standard InChI is InChI=1S/C16H14N2O5S2/c1-22-10-7-5-4-6-9(10)12-13-11(24-14(12)15(19)23-2)8-17-16(18-13)25(3,20)21/h4-8H,1-3H3. The average molecular weight is 378 g/mol. The molecule has 0 saturated carbocycles. The number of carbonyl (C=O) groups is 1. The van der Waals surface area contributed by atoms with Crippen LogP contribution in [-0.4, -0.2) is 44.8 Å². The number of hydrogen-bond donors (Lipinski definition) is 0. The largest absolute Gasteiger partial charge is 0.496 e. The van der Waals surface area contributed by atoms with E-state index in [-0.39, 0.29) is 5.16 Å². The van der Waals surface area contributed by atoms with Crippen molar-refractivity contribution in [2.24, 2.45) is 0 Å². The molecular weight excluding hydrogens is 364 g/mol. The molecule has 7 nitrogen and oxygen atoms in total. The third kappa shape index (κ3) is 3.08. The summed E-state index contributed by atoms with van der Waals surface area (Å²) in [6.07, 6.45) is 2.43. The molecule has 1 aromatic carbocycles. The molecule has 0 N–H and O–H groups in total. The second-order valence-corrected chi connectivity index (χ2v) is 8.10. The van der Waals surface area contributed by atoms with Crippen LogP contribution in [-0.2, 0) is 14.6 Å². The van der Waals surface area contributed by atoms with Crippen molar-refractivity contribution < 1.29 is 22.7 Å². The summed E-state index contributed by atoms with van der Waals surface area (Å²) in [6, 6.07) is 7.11. The Kier molecular flexibility index (Phi) is 4.44. The summed E-state index contributed by atoms with van der Waals surface area (Å²) in [5.74, 6) is -0.00307. The molecule has 0 radical (unpaired) electrons. The van der Waals surface area contributed by atoms with Crippen molar-refractivity contribution in [3.8, 4) is 16.9 Å². The SMILES string of the molecule is COC(=O)c1sc2cnc(S(C)(=O)=O)nc2c1-c1ccccc1OC. The van der Waals surface area contributed by atoms with Gasteiger partial charge in [-0.05, 0) is 6.07 Å². The Hall–Kier alpha value is -2.52. The molecule has 0 fully saturated rings. The zero-order valence-corrected chi connectivity index (χ0v) is 15.3. The Labute approximate surface area is 148 Å². The van der Waals surface area contributed by atoms with Crippen LogP contribution in [0.1, 0.15) is 9.67 Å². The lowest BCUT2D eigenvalue weighted by Gasteiger charge is -2.09. The maximum Gasteiger partial charge on any atom is 0.348 e. The van der Waals surface area contributed by atoms with E-state index in [0.717, 1.165) is 17.6 Å². The van der Waals surface area contributed by atoms with Gasteiger partial charge in [-0.1, -0.05) is 18.2 Å². The van der Waals surface area contributed by atoms with E-state index in [4.69, 9.17) is 9.47 Å². The first kappa shape index (κ1) is 17.3. The van der Waals surface area contributed by atoms with Gasteiger partial charge >= 0.3 is 5.97 Å². The fraction of sp³-hybridized carbons (Fsp3) is 0.188. The lowest BCUT2D eigenvalue weighted by Crippen LogP contribution is -2.04. The van der Waals surface area contributed by atoms with Gasteiger partial charge in [0.2, 0.25) is 15.0 Å². The van der Waals surface area contributed by atoms with Gasteiger partial charge in [0.25, 0.3) is 0 Å². The van der Waals surface area contributed by atoms with Crippen LogP contribution in [0, 0.1) is 0 Å². The molecule has 3 rings (SSSR count). The van der Waals surface area contributed by atoms with Crippen molar-refractivity contribution in [3.63, 3.8) is 0 Å². The number of benzene rings is 1. The van der Waals surface area contributed by atoms with Gasteiger partial charge in [0, 0.05) is 23.6 Å². The van der Waals surface area contributed by atoms with Gasteiger partial charge < -0.3 is 9.47 Å². The van der Waals surface area contributed by atoms with Crippen molar-refractivity contribution in [2.45, 2.75) is 5.16 Å². The minimum absolute atomic E-state index is 0.301. The summed E-state index contributed by atoms with van der Waals surface area (Å²) >= 11 is 1.14. The number of thiophene rings is 1. The molecule has 25 heavy (non-hydrogen) atoms. The van der Waals surface area contributed by atoms with Crippen molar-refractivity contribution in [2.75, 3.05) is 20.5 Å². The molecule has 0 bridgehead atoms. The number of hydrogen-bond acceptors (Lipinski definition) is 8. The first-order valence-corrected chi connectivity index (χ1v) is 9.79. The third-order valence-electron chi connectivity index (χ3n) is 3.49. The van der Waals surface area contributed by atoms with Gasteiger partial charge in [-0.3, -0.25) is 0 Å². The molecule has 130 valence electrons. The number of aromatic nitrogens is 2. The zero-order valence-electron chi connectivity index (χ0n) is 13.6. The lowest BCUT2D eigenvalue weighted by molar-refractivity contribution is 0.0607. The van der Waals surface area contributed by atoms with E-state index in [1.807, 2.05) is 0 Å². The molecule has 2 aromatic heterocycles. The number of fused-ring (bicyclic) bond motifs is 1. The summed E-state index contributed by atoms with van der Waals surface area (Å²) in [7, 11) is -0.790. The predicted molar refractivity (Wildman–Crippen MR) is 93.9 cm³/mol. The fourth-order valence-corrected chi connectivity index (χ4v) is 3.94. The fourth-order valence-electron chi connectivity index (χ4n) is 2.39. The Balaban J connectivity index is 2.42. The first-order valence-electron chi connectivity index (χ1n) is 7.08. The lowest BCUT2D eigenvalue weighted by atomic mass is 10.0. The molecule has 0 unspecified atom stereocenters. The molecule has 0 spiro atoms. The van der Waals surface area contributed by atoms with Crippen LogP contribution < -0.4 is 4.74 Å². The van der Waals surface area contributed by atoms with Gasteiger partial charge in [-0.2, -0.15) is 0 Å². The van der Waals surface area contributed by atoms with E-state index in [2.05, 4.69) is 9.97 Å². The summed E-state index contributed by atoms with van der Waals surface area (Å²) in [5, 5.41) is -0.301. The van der Waals surface area contributed by atoms with Gasteiger partial charge in [0.15, 0.2) is 0 Å². The number of carbonyl (C=O) groups excluding carboxylic acids is 1. The summed E-state index contributed by atoms with van der Waals surface area (Å²) in [4.78, 5) is 20.6. The van der Waals surface area contributed by atoms with Gasteiger partial charge in [0.1, 0.15) is 10.6 Å². The number of esters is 1. The van der Waals surface area contributed by atoms with Crippen LogP contribution >= 0.6 is 11.3 Å². The highest BCUT2D eigenvalue weighted by Crippen LogP contribution is 2.41. The minimum atomic E-state index is -3.59. The van der Waals surface area contributed by atoms with E-state index in [0.29, 0.717) is 32.0 Å². The Bertz CT molecular complexity index is 1070. The van der Waals surface area contributed by atoms with E-state index in [9.17, 15) is 13.2 Å². The van der Waals surface area contributed by atoms with Crippen LogP contribution in [0.5, 0.6) is 5.75 Å². The minimum Gasteiger partial charge on any atom is -0.496 e. The van der Waals surface area contributed by atoms with Gasteiger partial charge in [0.05, 0.1) is 24.4 Å². The molecule has 3 aromatic rings. The van der Waals surface area contributed by atoms with Crippen molar-refractivity contribution in [1.82, 2.24) is 9.97 Å². The highest BCUT2D eigenvalue weighted by molar-refractivity contribution is 7.90. The quantitative estimate of drug-likeness (QED) is 0.508. The van der Waals surface area contributed by atoms with Gasteiger partial charge in [-0.15, -0.1) is 11.3 Å². The highest BCUT2D eigenvalue weighted by atomic mass is 32.2. The number of rotatable bonds is 4. The second-order valence-electron chi connectivity index (χ2n) is 5.14. The molecule has 0 atom stereocenters. The molecule has 0 amide bonds. The van der Waals surface area contributed by atoms with Crippen molar-refractivity contribution >= 4 is 37.4 Å². The van der Waals surface area contributed by atoms with Crippen LogP contribution in [0.15, 0.2) is 35.6 Å². The molecule has 0 aliphatic rings. The highest BCUT2D eigenvalue weighted by Gasteiger charge is 2.25. The van der Waals surface area contributed by atoms with E-state index in [1.165, 1.54) is 20.4 Å². The maximum atomic E-state index is 12.2. The van der Waals surface area contributed by atoms with Crippen molar-refractivity contribution in [1.29, 1.82) is 0 Å². The van der Waals surface area contributed by atoms with Crippen LogP contribution in [0.4, 0.5) is 0 Å². The Morgan fingerprint density at radius 1 is 1.20 bits per heavy atom. The third-order valence-corrected chi connectivity index (χ3v) is 5.44. The maximum absolute atomic E-state index is 12.2. The molecular formula is C16H14N2O5S2. The summed E-state index contributed by atoms with van der Waals surface area (Å²) < 4.78 is 34.4. The number of nitrogens with zero attached hydrogens (tertiary/aromatic N) is 2. The summed E-state index contributed by atoms with van der Waals surface area (Å²) in [6.45, 7) is 0. The van der Waals surface area contributed by atoms with Gasteiger partial charge in [-0.25, -0.2) is 23.2 Å². The molecule has 0 aliphatic carbocycles.